The Morgan fingerprint density at radius 1 is 0.530 bits per heavy atom. The maximum atomic E-state index is 11.7. The van der Waals surface area contributed by atoms with Gasteiger partial charge in [-0.3, -0.25) is 4.99 Å². The number of aromatic hydroxyl groups is 13. The second-order valence-corrected chi connectivity index (χ2v) is 15.1. The molecule has 8 aromatic rings. The average Bonchev–Trinajstić information content (AvgIpc) is 3.80. The van der Waals surface area contributed by atoms with Crippen LogP contribution in [-0.4, -0.2) is 92.6 Å². The van der Waals surface area contributed by atoms with Gasteiger partial charge in [0, 0.05) is 5.39 Å². The van der Waals surface area contributed by atoms with Gasteiger partial charge in [0.25, 0.3) is 0 Å². The van der Waals surface area contributed by atoms with Crippen LogP contribution in [0, 0.1) is 0 Å². The Bertz CT molecular complexity index is 3600. The molecule has 0 unspecified atom stereocenters. The topological polar surface area (TPSA) is 326 Å². The first-order valence-electron chi connectivity index (χ1n) is 19.6. The van der Waals surface area contributed by atoms with E-state index in [2.05, 4.69) is 33.8 Å². The third-order valence-corrected chi connectivity index (χ3v) is 11.3. The summed E-state index contributed by atoms with van der Waals surface area (Å²) in [6.07, 6.45) is 10.9. The van der Waals surface area contributed by atoms with Crippen LogP contribution in [0.3, 0.4) is 0 Å². The van der Waals surface area contributed by atoms with E-state index in [-0.39, 0.29) is 17.4 Å². The predicted molar refractivity (Wildman–Crippen MR) is 246 cm³/mol. The van der Waals surface area contributed by atoms with Gasteiger partial charge in [0.15, 0.2) is 57.2 Å². The molecule has 1 aliphatic rings. The lowest BCUT2D eigenvalue weighted by Crippen LogP contribution is -2.11. The number of phenols is 13. The summed E-state index contributed by atoms with van der Waals surface area (Å²) in [5.41, 5.74) is 0.453. The van der Waals surface area contributed by atoms with Gasteiger partial charge < -0.3 is 75.2 Å². The third-order valence-electron chi connectivity index (χ3n) is 11.3. The van der Waals surface area contributed by atoms with Crippen LogP contribution in [0.25, 0.3) is 60.6 Å². The number of rotatable bonds is 6. The molecule has 0 radical (unpaired) electrons. The molecule has 0 atom stereocenters. The highest BCUT2D eigenvalue weighted by atomic mass is 16.4. The first-order valence-corrected chi connectivity index (χ1v) is 19.6. The number of hydrogen-bond acceptors (Lipinski definition) is 16. The molecule has 2 heterocycles. The molecular weight excluding hydrogens is 857 g/mol. The Morgan fingerprint density at radius 3 is 1.71 bits per heavy atom. The molecule has 330 valence electrons. The first kappa shape index (κ1) is 41.9. The SMILES string of the molecule is Bc1c(O)c(O)c(C(=N/Cc2ccc(-c3cccc(C4=CCC=CC=C4)c3)cc2)/N=C(\N=C)c2c(O)c(O)c(O)c3oc4c(O)c(O)c(O)c(O)c4c23)c2oc3c(O)c(O)c(O)c(O)c3c12. The van der Waals surface area contributed by atoms with Crippen LogP contribution in [0.15, 0.2) is 103 Å². The number of fused-ring (bicyclic) bond motifs is 6. The van der Waals surface area contributed by atoms with Crippen LogP contribution in [0.2, 0.25) is 0 Å². The molecule has 0 saturated carbocycles. The van der Waals surface area contributed by atoms with E-state index in [0.717, 1.165) is 28.7 Å². The number of benzene rings is 6. The molecule has 0 amide bonds. The minimum absolute atomic E-state index is 0.149. The first-order chi connectivity index (χ1) is 31.5. The van der Waals surface area contributed by atoms with Crippen LogP contribution in [0.1, 0.15) is 28.7 Å². The van der Waals surface area contributed by atoms with Crippen molar-refractivity contribution in [1.82, 2.24) is 0 Å². The summed E-state index contributed by atoms with van der Waals surface area (Å²) in [5, 5.41) is 140. The molecule has 0 spiro atoms. The van der Waals surface area contributed by atoms with E-state index in [0.29, 0.717) is 5.56 Å². The van der Waals surface area contributed by atoms with Gasteiger partial charge in [-0.05, 0) is 52.5 Å². The van der Waals surface area contributed by atoms with E-state index in [4.69, 9.17) is 8.83 Å². The largest absolute Gasteiger partial charge is 0.505 e. The Morgan fingerprint density at radius 2 is 1.08 bits per heavy atom. The molecule has 1 aliphatic carbocycles. The number of amidine groups is 2. The van der Waals surface area contributed by atoms with E-state index in [1.165, 1.54) is 7.85 Å². The van der Waals surface area contributed by atoms with Crippen LogP contribution in [0.4, 0.5) is 0 Å². The Kier molecular flexibility index (Phi) is 9.82. The fraction of sp³-hybridized carbons (Fsp3) is 0.0426. The highest BCUT2D eigenvalue weighted by Crippen LogP contribution is 2.57. The van der Waals surface area contributed by atoms with Gasteiger partial charge in [0.05, 0.1) is 28.3 Å². The van der Waals surface area contributed by atoms with Crippen molar-refractivity contribution in [1.29, 1.82) is 0 Å². The van der Waals surface area contributed by atoms with Crippen molar-refractivity contribution in [2.45, 2.75) is 13.0 Å². The molecule has 0 aliphatic heterocycles. The number of nitrogens with zero attached hydrogens (tertiary/aromatic N) is 3. The molecule has 0 bridgehead atoms. The van der Waals surface area contributed by atoms with Gasteiger partial charge in [0.2, 0.25) is 46.0 Å². The zero-order valence-electron chi connectivity index (χ0n) is 34.1. The van der Waals surface area contributed by atoms with Crippen molar-refractivity contribution >= 4 is 81.1 Å². The molecule has 13 N–H and O–H groups in total. The molecule has 9 rings (SSSR count). The third kappa shape index (κ3) is 6.24. The monoisotopic (exact) mass is 891 g/mol. The quantitative estimate of drug-likeness (QED) is 0.0276. The molecule has 66 heavy (non-hydrogen) atoms. The minimum Gasteiger partial charge on any atom is -0.505 e. The molecule has 0 fully saturated rings. The molecule has 6 aromatic carbocycles. The number of furan rings is 2. The second-order valence-electron chi connectivity index (χ2n) is 15.1. The maximum Gasteiger partial charge on any atom is 0.208 e. The van der Waals surface area contributed by atoms with Crippen molar-refractivity contribution in [2.24, 2.45) is 15.0 Å². The fourth-order valence-electron chi connectivity index (χ4n) is 7.97. The predicted octanol–water partition coefficient (Wildman–Crippen LogP) is 6.58. The van der Waals surface area contributed by atoms with Crippen molar-refractivity contribution < 1.29 is 75.2 Å². The summed E-state index contributed by atoms with van der Waals surface area (Å²) in [6.45, 7) is 3.26. The summed E-state index contributed by atoms with van der Waals surface area (Å²) >= 11 is 0. The van der Waals surface area contributed by atoms with Crippen LogP contribution >= 0.6 is 0 Å². The van der Waals surface area contributed by atoms with Crippen molar-refractivity contribution in [3.05, 3.63) is 101 Å². The zero-order valence-corrected chi connectivity index (χ0v) is 34.1. The maximum absolute atomic E-state index is 11.7. The van der Waals surface area contributed by atoms with E-state index in [1.54, 1.807) is 12.1 Å². The van der Waals surface area contributed by atoms with Crippen LogP contribution in [0.5, 0.6) is 74.7 Å². The summed E-state index contributed by atoms with van der Waals surface area (Å²) in [5.74, 6) is -15.6. The Balaban J connectivity index is 1.28. The minimum atomic E-state index is -1.24. The number of phenolic OH excluding ortho intramolecular Hbond substituents is 13. The lowest BCUT2D eigenvalue weighted by Gasteiger charge is -2.13. The zero-order chi connectivity index (χ0) is 47.0. The number of aliphatic imine (C=N–C) groups is 3. The second kappa shape index (κ2) is 15.5. The summed E-state index contributed by atoms with van der Waals surface area (Å²) < 4.78 is 11.5. The molecule has 2 aromatic heterocycles. The lowest BCUT2D eigenvalue weighted by atomic mass is 9.87. The van der Waals surface area contributed by atoms with Crippen LogP contribution in [-0.2, 0) is 6.54 Å². The van der Waals surface area contributed by atoms with Gasteiger partial charge >= 0.3 is 0 Å². The standard InChI is InChI=1S/C47H34BN3O15/c1-49-46(26-22-24-29(52)34(57)37(60)40(63)44(24)66-43(22)39(62)36(59)31(26)54)51-47(27-32(55)33(56)28(48)23-25-30(53)35(58)38(61)41(64)45(25)65-42(23)27)50-16-17-11-13-19(14-12-17)21-10-6-9-20(15-21)18-7-4-2-3-5-8-18/h2-4,6-15,52-64H,1,5,16,48H2/b50-47-,51-46-. The Labute approximate surface area is 370 Å². The summed E-state index contributed by atoms with van der Waals surface area (Å²) in [7, 11) is 1.30. The van der Waals surface area contributed by atoms with Gasteiger partial charge in [-0.2, -0.15) is 0 Å². The molecule has 0 saturated heterocycles. The van der Waals surface area contributed by atoms with E-state index >= 15 is 0 Å². The highest BCUT2D eigenvalue weighted by Gasteiger charge is 2.34. The van der Waals surface area contributed by atoms with Gasteiger partial charge in [-0.25, -0.2) is 9.98 Å². The van der Waals surface area contributed by atoms with Crippen molar-refractivity contribution in [3.63, 3.8) is 0 Å². The molecule has 18 nitrogen and oxygen atoms in total. The lowest BCUT2D eigenvalue weighted by molar-refractivity contribution is 0.347. The van der Waals surface area contributed by atoms with Gasteiger partial charge in [0.1, 0.15) is 19.0 Å². The van der Waals surface area contributed by atoms with E-state index < -0.39 is 136 Å². The van der Waals surface area contributed by atoms with Crippen molar-refractivity contribution in [3.8, 4) is 85.9 Å². The number of hydrogen-bond donors (Lipinski definition) is 13. The highest BCUT2D eigenvalue weighted by molar-refractivity contribution is 6.45. The van der Waals surface area contributed by atoms with Gasteiger partial charge in [-0.15, -0.1) is 0 Å². The van der Waals surface area contributed by atoms with E-state index in [9.17, 15) is 66.4 Å². The molecular formula is C47H34BN3O15. The normalized spacial score (nSPS) is 13.3. The average molecular weight is 892 g/mol. The summed E-state index contributed by atoms with van der Waals surface area (Å²) in [6, 6.07) is 15.1. The van der Waals surface area contributed by atoms with Gasteiger partial charge in [-0.1, -0.05) is 72.8 Å². The van der Waals surface area contributed by atoms with E-state index in [1.807, 2.05) is 54.6 Å². The number of allylic oxidation sites excluding steroid dienone is 6. The Hall–Kier alpha value is -9.39. The summed E-state index contributed by atoms with van der Waals surface area (Å²) in [4.78, 5) is 13.0. The smallest absolute Gasteiger partial charge is 0.208 e. The van der Waals surface area contributed by atoms with Crippen LogP contribution < -0.4 is 5.46 Å². The molecule has 19 heteroatoms. The fourth-order valence-corrected chi connectivity index (χ4v) is 7.97. The van der Waals surface area contributed by atoms with Crippen molar-refractivity contribution in [2.75, 3.05) is 0 Å².